The van der Waals surface area contributed by atoms with Crippen LogP contribution in [0.5, 0.6) is 0 Å². The van der Waals surface area contributed by atoms with E-state index >= 15 is 0 Å². The Morgan fingerprint density at radius 3 is 2.95 bits per heavy atom. The van der Waals surface area contributed by atoms with Crippen LogP contribution in [-0.4, -0.2) is 31.8 Å². The van der Waals surface area contributed by atoms with E-state index in [4.69, 9.17) is 5.73 Å². The standard InChI is InChI=1S/C12H18N6O/c1-3-8-10-11(17(2)16-8)18(12(13)15-10)7-4-5-9(19)14-6-7/h7H,3-6H2,1-2H3,(H2,13,15)(H,14,19). The molecule has 19 heavy (non-hydrogen) atoms. The number of nitrogens with zero attached hydrogens (tertiary/aromatic N) is 4. The van der Waals surface area contributed by atoms with Crippen molar-refractivity contribution in [2.75, 3.05) is 12.3 Å². The van der Waals surface area contributed by atoms with Gasteiger partial charge in [-0.25, -0.2) is 4.98 Å². The number of imidazole rings is 1. The minimum absolute atomic E-state index is 0.102. The van der Waals surface area contributed by atoms with Gasteiger partial charge in [0.25, 0.3) is 0 Å². The summed E-state index contributed by atoms with van der Waals surface area (Å²) in [6.45, 7) is 2.65. The van der Waals surface area contributed by atoms with Gasteiger partial charge in [-0.05, 0) is 12.8 Å². The third-order valence-corrected chi connectivity index (χ3v) is 3.70. The van der Waals surface area contributed by atoms with Crippen molar-refractivity contribution in [3.8, 4) is 0 Å². The summed E-state index contributed by atoms with van der Waals surface area (Å²) < 4.78 is 3.83. The lowest BCUT2D eigenvalue weighted by Crippen LogP contribution is -2.36. The quantitative estimate of drug-likeness (QED) is 0.818. The fourth-order valence-electron chi connectivity index (χ4n) is 2.76. The summed E-state index contributed by atoms with van der Waals surface area (Å²) in [7, 11) is 1.90. The van der Waals surface area contributed by atoms with Crippen LogP contribution in [0.1, 0.15) is 31.5 Å². The fraction of sp³-hybridized carbons (Fsp3) is 0.583. The topological polar surface area (TPSA) is 90.8 Å². The van der Waals surface area contributed by atoms with E-state index in [0.29, 0.717) is 18.9 Å². The maximum Gasteiger partial charge on any atom is 0.220 e. The highest BCUT2D eigenvalue weighted by Crippen LogP contribution is 2.28. The summed E-state index contributed by atoms with van der Waals surface area (Å²) in [5.41, 5.74) is 8.83. The van der Waals surface area contributed by atoms with E-state index in [1.165, 1.54) is 0 Å². The predicted octanol–water partition coefficient (Wildman–Crippen LogP) is 0.365. The van der Waals surface area contributed by atoms with Crippen molar-refractivity contribution in [2.45, 2.75) is 32.2 Å². The molecule has 0 spiro atoms. The second kappa shape index (κ2) is 4.25. The molecule has 1 amide bonds. The second-order valence-electron chi connectivity index (χ2n) is 4.93. The normalized spacial score (nSPS) is 19.9. The van der Waals surface area contributed by atoms with E-state index in [2.05, 4.69) is 22.3 Å². The minimum atomic E-state index is 0.102. The molecule has 1 saturated heterocycles. The first-order valence-corrected chi connectivity index (χ1v) is 6.57. The highest BCUT2D eigenvalue weighted by molar-refractivity contribution is 5.79. The number of nitrogens with one attached hydrogen (secondary N) is 1. The van der Waals surface area contributed by atoms with Gasteiger partial charge >= 0.3 is 0 Å². The largest absolute Gasteiger partial charge is 0.369 e. The van der Waals surface area contributed by atoms with Gasteiger partial charge < -0.3 is 11.1 Å². The van der Waals surface area contributed by atoms with Crippen molar-refractivity contribution in [1.82, 2.24) is 24.6 Å². The van der Waals surface area contributed by atoms with Crippen molar-refractivity contribution < 1.29 is 4.79 Å². The molecule has 0 saturated carbocycles. The highest BCUT2D eigenvalue weighted by atomic mass is 16.1. The molecule has 1 unspecified atom stereocenters. The molecule has 0 radical (unpaired) electrons. The smallest absolute Gasteiger partial charge is 0.220 e. The van der Waals surface area contributed by atoms with Crippen LogP contribution in [0, 0.1) is 0 Å². The van der Waals surface area contributed by atoms with Crippen molar-refractivity contribution in [3.05, 3.63) is 5.69 Å². The molecular formula is C12H18N6O. The molecule has 0 aromatic carbocycles. The van der Waals surface area contributed by atoms with E-state index in [1.807, 2.05) is 16.3 Å². The Hall–Kier alpha value is -2.05. The molecule has 1 atom stereocenters. The van der Waals surface area contributed by atoms with Crippen molar-refractivity contribution in [1.29, 1.82) is 0 Å². The Morgan fingerprint density at radius 1 is 1.53 bits per heavy atom. The average Bonchev–Trinajstić information content (AvgIpc) is 2.88. The highest BCUT2D eigenvalue weighted by Gasteiger charge is 2.26. The summed E-state index contributed by atoms with van der Waals surface area (Å²) in [5, 5.41) is 7.35. The SMILES string of the molecule is CCc1nn(C)c2c1nc(N)n2C1CCC(=O)NC1. The minimum Gasteiger partial charge on any atom is -0.369 e. The summed E-state index contributed by atoms with van der Waals surface area (Å²) in [6.07, 6.45) is 2.14. The Bertz CT molecular complexity index is 630. The number of hydrogen-bond acceptors (Lipinski definition) is 4. The predicted molar refractivity (Wildman–Crippen MR) is 71.6 cm³/mol. The number of rotatable bonds is 2. The van der Waals surface area contributed by atoms with E-state index in [0.717, 1.165) is 29.7 Å². The fourth-order valence-corrected chi connectivity index (χ4v) is 2.76. The van der Waals surface area contributed by atoms with Crippen LogP contribution in [0.2, 0.25) is 0 Å². The van der Waals surface area contributed by atoms with Gasteiger partial charge in [-0.2, -0.15) is 5.10 Å². The first-order valence-electron chi connectivity index (χ1n) is 6.57. The number of hydrogen-bond donors (Lipinski definition) is 2. The first-order chi connectivity index (χ1) is 9.11. The molecule has 1 fully saturated rings. The van der Waals surface area contributed by atoms with Gasteiger partial charge in [-0.3, -0.25) is 14.0 Å². The van der Waals surface area contributed by atoms with Crippen LogP contribution in [0.25, 0.3) is 11.2 Å². The number of carbonyl (C=O) groups excluding carboxylic acids is 1. The lowest BCUT2D eigenvalue weighted by atomic mass is 10.1. The number of anilines is 1. The van der Waals surface area contributed by atoms with Gasteiger partial charge in [0.1, 0.15) is 5.52 Å². The first kappa shape index (κ1) is 12.0. The maximum absolute atomic E-state index is 11.3. The second-order valence-corrected chi connectivity index (χ2v) is 4.93. The maximum atomic E-state index is 11.3. The molecule has 3 N–H and O–H groups in total. The zero-order valence-electron chi connectivity index (χ0n) is 11.2. The van der Waals surface area contributed by atoms with E-state index in [9.17, 15) is 4.79 Å². The Labute approximate surface area is 110 Å². The lowest BCUT2D eigenvalue weighted by molar-refractivity contribution is -0.122. The van der Waals surface area contributed by atoms with Crippen LogP contribution in [0.3, 0.4) is 0 Å². The summed E-state index contributed by atoms with van der Waals surface area (Å²) in [4.78, 5) is 15.7. The van der Waals surface area contributed by atoms with Gasteiger partial charge in [0, 0.05) is 20.0 Å². The zero-order valence-corrected chi connectivity index (χ0v) is 11.2. The van der Waals surface area contributed by atoms with Crippen LogP contribution in [0.4, 0.5) is 5.95 Å². The van der Waals surface area contributed by atoms with Crippen molar-refractivity contribution in [3.63, 3.8) is 0 Å². The molecule has 7 heteroatoms. The molecule has 7 nitrogen and oxygen atoms in total. The van der Waals surface area contributed by atoms with Crippen molar-refractivity contribution in [2.24, 2.45) is 7.05 Å². The third-order valence-electron chi connectivity index (χ3n) is 3.70. The van der Waals surface area contributed by atoms with Gasteiger partial charge in [-0.1, -0.05) is 6.92 Å². The number of carbonyl (C=O) groups is 1. The zero-order chi connectivity index (χ0) is 13.6. The molecule has 0 aliphatic carbocycles. The third kappa shape index (κ3) is 1.76. The van der Waals surface area contributed by atoms with Crippen LogP contribution < -0.4 is 11.1 Å². The average molecular weight is 262 g/mol. The van der Waals surface area contributed by atoms with Crippen LogP contribution in [-0.2, 0) is 18.3 Å². The van der Waals surface area contributed by atoms with Gasteiger partial charge in [0.15, 0.2) is 5.65 Å². The number of fused-ring (bicyclic) bond motifs is 1. The summed E-state index contributed by atoms with van der Waals surface area (Å²) in [5.74, 6) is 0.601. The van der Waals surface area contributed by atoms with Crippen LogP contribution >= 0.6 is 0 Å². The van der Waals surface area contributed by atoms with Gasteiger partial charge in [0.2, 0.25) is 11.9 Å². The van der Waals surface area contributed by atoms with Crippen molar-refractivity contribution >= 4 is 23.0 Å². The molecule has 102 valence electrons. The molecule has 3 heterocycles. The number of piperidine rings is 1. The Balaban J connectivity index is 2.10. The van der Waals surface area contributed by atoms with Gasteiger partial charge in [-0.15, -0.1) is 0 Å². The molecule has 1 aliphatic heterocycles. The molecule has 1 aliphatic rings. The molecule has 3 rings (SSSR count). The number of aromatic nitrogens is 4. The summed E-state index contributed by atoms with van der Waals surface area (Å²) >= 11 is 0. The Morgan fingerprint density at radius 2 is 2.32 bits per heavy atom. The van der Waals surface area contributed by atoms with E-state index in [-0.39, 0.29) is 11.9 Å². The summed E-state index contributed by atoms with van der Waals surface area (Å²) in [6, 6.07) is 0.155. The van der Waals surface area contributed by atoms with Gasteiger partial charge in [0.05, 0.1) is 11.7 Å². The van der Waals surface area contributed by atoms with E-state index in [1.54, 1.807) is 0 Å². The number of nitrogens with two attached hydrogens (primary N) is 1. The molecule has 0 bridgehead atoms. The van der Waals surface area contributed by atoms with Crippen LogP contribution in [0.15, 0.2) is 0 Å². The van der Waals surface area contributed by atoms with E-state index < -0.39 is 0 Å². The number of aryl methyl sites for hydroxylation is 2. The lowest BCUT2D eigenvalue weighted by Gasteiger charge is -2.24. The molecular weight excluding hydrogens is 244 g/mol. The Kier molecular flexibility index (Phi) is 2.69. The number of nitrogen functional groups attached to an aromatic ring is 1. The monoisotopic (exact) mass is 262 g/mol. The molecule has 2 aromatic rings. The molecule has 2 aromatic heterocycles. The number of amides is 1.